The lowest BCUT2D eigenvalue weighted by atomic mass is 10.1. The molecule has 0 aliphatic heterocycles. The normalized spacial score (nSPS) is 9.00. The molecule has 0 atom stereocenters. The Hall–Kier alpha value is -3.54. The zero-order valence-electron chi connectivity index (χ0n) is 12.4. The van der Waals surface area contributed by atoms with E-state index in [0.717, 1.165) is 0 Å². The van der Waals surface area contributed by atoms with Crippen molar-refractivity contribution in [1.29, 1.82) is 0 Å². The first-order valence-corrected chi connectivity index (χ1v) is 6.61. The molecule has 0 amide bonds. The van der Waals surface area contributed by atoms with Crippen molar-refractivity contribution in [3.8, 4) is 0 Å². The first-order valence-electron chi connectivity index (χ1n) is 6.61. The van der Waals surface area contributed by atoms with E-state index in [0.29, 0.717) is 71.1 Å². The Morgan fingerprint density at radius 3 is 0.542 bits per heavy atom. The standard InChI is InChI=1S/2C9H6O3/c2*10-4-7-1-8(5-11)3-9(2-7)6-12/h2*1-6H. The number of carbonyl (C=O) groups excluding carboxylic acids is 6. The highest BCUT2D eigenvalue weighted by Crippen LogP contribution is 2.06. The molecule has 0 aliphatic rings. The molecule has 0 fully saturated rings. The quantitative estimate of drug-likeness (QED) is 0.755. The molecule has 0 saturated heterocycles. The summed E-state index contributed by atoms with van der Waals surface area (Å²) < 4.78 is 0. The summed E-state index contributed by atoms with van der Waals surface area (Å²) in [6.07, 6.45) is 3.58. The highest BCUT2D eigenvalue weighted by Gasteiger charge is 1.99. The average Bonchev–Trinajstić information content (AvgIpc) is 2.67. The predicted molar refractivity (Wildman–Crippen MR) is 85.2 cm³/mol. The van der Waals surface area contributed by atoms with Crippen LogP contribution in [0.1, 0.15) is 62.1 Å². The van der Waals surface area contributed by atoms with Gasteiger partial charge in [-0.05, 0) is 36.4 Å². The number of hydrogen-bond acceptors (Lipinski definition) is 6. The van der Waals surface area contributed by atoms with Gasteiger partial charge in [0.15, 0.2) is 0 Å². The smallest absolute Gasteiger partial charge is 0.150 e. The highest BCUT2D eigenvalue weighted by molar-refractivity contribution is 5.88. The molecule has 2 aromatic rings. The van der Waals surface area contributed by atoms with Gasteiger partial charge in [0.2, 0.25) is 0 Å². The van der Waals surface area contributed by atoms with Gasteiger partial charge in [-0.2, -0.15) is 0 Å². The van der Waals surface area contributed by atoms with Gasteiger partial charge in [-0.1, -0.05) is 0 Å². The summed E-state index contributed by atoms with van der Waals surface area (Å²) in [5.74, 6) is 0. The van der Waals surface area contributed by atoms with E-state index < -0.39 is 0 Å². The summed E-state index contributed by atoms with van der Waals surface area (Å²) >= 11 is 0. The van der Waals surface area contributed by atoms with Crippen LogP contribution in [0.25, 0.3) is 0 Å². The second-order valence-corrected chi connectivity index (χ2v) is 4.57. The molecule has 24 heavy (non-hydrogen) atoms. The molecule has 0 radical (unpaired) electrons. The molecule has 0 saturated carbocycles. The van der Waals surface area contributed by atoms with Gasteiger partial charge in [0, 0.05) is 33.4 Å². The van der Waals surface area contributed by atoms with Gasteiger partial charge in [0.05, 0.1) is 0 Å². The average molecular weight is 324 g/mol. The molecule has 0 spiro atoms. The van der Waals surface area contributed by atoms with Crippen LogP contribution in [-0.2, 0) is 0 Å². The second kappa shape index (κ2) is 9.47. The Kier molecular flexibility index (Phi) is 7.30. The van der Waals surface area contributed by atoms with E-state index in [1.807, 2.05) is 0 Å². The van der Waals surface area contributed by atoms with E-state index in [1.165, 1.54) is 36.4 Å². The molecule has 6 heteroatoms. The molecule has 0 heterocycles. The van der Waals surface area contributed by atoms with Crippen LogP contribution in [0.3, 0.4) is 0 Å². The van der Waals surface area contributed by atoms with Crippen LogP contribution in [0.15, 0.2) is 36.4 Å². The van der Waals surface area contributed by atoms with Crippen LogP contribution >= 0.6 is 0 Å². The van der Waals surface area contributed by atoms with Crippen molar-refractivity contribution in [2.75, 3.05) is 0 Å². The minimum atomic E-state index is 0.335. The van der Waals surface area contributed by atoms with Gasteiger partial charge in [0.25, 0.3) is 0 Å². The minimum absolute atomic E-state index is 0.335. The van der Waals surface area contributed by atoms with Crippen molar-refractivity contribution >= 4 is 37.7 Å². The van der Waals surface area contributed by atoms with Crippen molar-refractivity contribution in [1.82, 2.24) is 0 Å². The SMILES string of the molecule is O=Cc1cc(C=O)cc(C=O)c1.O=Cc1cc(C=O)cc(C=O)c1. The van der Waals surface area contributed by atoms with Crippen molar-refractivity contribution in [3.05, 3.63) is 69.8 Å². The maximum atomic E-state index is 10.3. The fourth-order valence-electron chi connectivity index (χ4n) is 1.81. The van der Waals surface area contributed by atoms with Gasteiger partial charge < -0.3 is 0 Å². The molecule has 2 rings (SSSR count). The van der Waals surface area contributed by atoms with E-state index in [1.54, 1.807) is 0 Å². The van der Waals surface area contributed by atoms with Crippen LogP contribution in [0.2, 0.25) is 0 Å². The van der Waals surface area contributed by atoms with Crippen molar-refractivity contribution in [2.45, 2.75) is 0 Å². The molecule has 0 N–H and O–H groups in total. The van der Waals surface area contributed by atoms with E-state index >= 15 is 0 Å². The predicted octanol–water partition coefficient (Wildman–Crippen LogP) is 2.25. The molecule has 0 aromatic heterocycles. The van der Waals surface area contributed by atoms with Crippen LogP contribution in [0.5, 0.6) is 0 Å². The summed E-state index contributed by atoms with van der Waals surface area (Å²) in [6, 6.07) is 8.54. The first-order chi connectivity index (χ1) is 11.6. The molecule has 0 unspecified atom stereocenters. The maximum Gasteiger partial charge on any atom is 0.150 e. The van der Waals surface area contributed by atoms with E-state index in [9.17, 15) is 28.8 Å². The minimum Gasteiger partial charge on any atom is -0.298 e. The van der Waals surface area contributed by atoms with Gasteiger partial charge in [-0.15, -0.1) is 0 Å². The molecule has 0 aliphatic carbocycles. The van der Waals surface area contributed by atoms with Gasteiger partial charge in [-0.3, -0.25) is 28.8 Å². The van der Waals surface area contributed by atoms with Crippen molar-refractivity contribution < 1.29 is 28.8 Å². The molecule has 120 valence electrons. The van der Waals surface area contributed by atoms with Crippen LogP contribution in [-0.4, -0.2) is 37.7 Å². The summed E-state index contributed by atoms with van der Waals surface area (Å²) in [6.45, 7) is 0. The lowest BCUT2D eigenvalue weighted by Crippen LogP contribution is -1.89. The lowest BCUT2D eigenvalue weighted by Gasteiger charge is -1.94. The Morgan fingerprint density at radius 1 is 0.333 bits per heavy atom. The topological polar surface area (TPSA) is 102 Å². The monoisotopic (exact) mass is 324 g/mol. The Labute approximate surface area is 137 Å². The van der Waals surface area contributed by atoms with Crippen molar-refractivity contribution in [3.63, 3.8) is 0 Å². The Balaban J connectivity index is 0.000000240. The highest BCUT2D eigenvalue weighted by atomic mass is 16.1. The van der Waals surface area contributed by atoms with E-state index in [4.69, 9.17) is 0 Å². The molecule has 0 bridgehead atoms. The zero-order valence-corrected chi connectivity index (χ0v) is 12.4. The first kappa shape index (κ1) is 18.5. The van der Waals surface area contributed by atoms with Crippen LogP contribution in [0, 0.1) is 0 Å². The fraction of sp³-hybridized carbons (Fsp3) is 0. The number of carbonyl (C=O) groups is 6. The summed E-state index contributed by atoms with van der Waals surface area (Å²) in [5, 5.41) is 0. The molecular weight excluding hydrogens is 312 g/mol. The number of hydrogen-bond donors (Lipinski definition) is 0. The zero-order chi connectivity index (χ0) is 17.9. The molecular formula is C18H12O6. The third-order valence-corrected chi connectivity index (χ3v) is 2.82. The summed E-state index contributed by atoms with van der Waals surface area (Å²) in [5.41, 5.74) is 2.01. The van der Waals surface area contributed by atoms with Gasteiger partial charge >= 0.3 is 0 Å². The van der Waals surface area contributed by atoms with Crippen LogP contribution in [0.4, 0.5) is 0 Å². The molecule has 2 aromatic carbocycles. The summed E-state index contributed by atoms with van der Waals surface area (Å²) in [7, 11) is 0. The van der Waals surface area contributed by atoms with E-state index in [-0.39, 0.29) is 0 Å². The van der Waals surface area contributed by atoms with Gasteiger partial charge in [0.1, 0.15) is 37.7 Å². The van der Waals surface area contributed by atoms with Gasteiger partial charge in [-0.25, -0.2) is 0 Å². The largest absolute Gasteiger partial charge is 0.298 e. The fourth-order valence-corrected chi connectivity index (χ4v) is 1.81. The summed E-state index contributed by atoms with van der Waals surface area (Å²) in [4.78, 5) is 61.9. The van der Waals surface area contributed by atoms with Crippen LogP contribution < -0.4 is 0 Å². The van der Waals surface area contributed by atoms with Crippen molar-refractivity contribution in [2.24, 2.45) is 0 Å². The third kappa shape index (κ3) is 5.34. The lowest BCUT2D eigenvalue weighted by molar-refractivity contribution is 0.110. The number of rotatable bonds is 6. The molecule has 6 nitrogen and oxygen atoms in total. The number of benzene rings is 2. The number of aldehydes is 6. The Morgan fingerprint density at radius 2 is 0.458 bits per heavy atom. The second-order valence-electron chi connectivity index (χ2n) is 4.57. The van der Waals surface area contributed by atoms with E-state index in [2.05, 4.69) is 0 Å². The Bertz CT molecular complexity index is 595. The third-order valence-electron chi connectivity index (χ3n) is 2.82. The maximum absolute atomic E-state index is 10.3.